The van der Waals surface area contributed by atoms with Gasteiger partial charge >= 0.3 is 0 Å². The zero-order chi connectivity index (χ0) is 15.2. The fraction of sp³-hybridized carbons (Fsp3) is 0.647. The van der Waals surface area contributed by atoms with E-state index in [1.54, 1.807) is 7.11 Å². The lowest BCUT2D eigenvalue weighted by Gasteiger charge is -2.34. The van der Waals surface area contributed by atoms with E-state index in [9.17, 15) is 0 Å². The highest BCUT2D eigenvalue weighted by Crippen LogP contribution is 2.32. The van der Waals surface area contributed by atoms with Gasteiger partial charge in [-0.1, -0.05) is 24.6 Å². The van der Waals surface area contributed by atoms with Gasteiger partial charge in [-0.05, 0) is 49.9 Å². The quantitative estimate of drug-likeness (QED) is 0.863. The number of anilines is 1. The zero-order valence-corrected chi connectivity index (χ0v) is 14.1. The van der Waals surface area contributed by atoms with Crippen molar-refractivity contribution in [3.63, 3.8) is 0 Å². The Balaban J connectivity index is 2.01. The standard InChI is InChI=1S/C17H27ClN2O/c1-4-19-13(2)15-5-6-17(16(18)11-15)20-9-7-14(8-10-20)12-21-3/h5-6,11,13-14,19H,4,7-10,12H2,1-3H3. The molecule has 0 aromatic heterocycles. The van der Waals surface area contributed by atoms with Crippen molar-refractivity contribution in [3.05, 3.63) is 28.8 Å². The minimum atomic E-state index is 0.342. The molecule has 1 aromatic rings. The van der Waals surface area contributed by atoms with E-state index < -0.39 is 0 Å². The first-order valence-corrected chi connectivity index (χ1v) is 8.30. The minimum Gasteiger partial charge on any atom is -0.384 e. The third kappa shape index (κ3) is 4.35. The van der Waals surface area contributed by atoms with Crippen molar-refractivity contribution >= 4 is 17.3 Å². The number of rotatable bonds is 6. The summed E-state index contributed by atoms with van der Waals surface area (Å²) >= 11 is 6.51. The molecular weight excluding hydrogens is 284 g/mol. The van der Waals surface area contributed by atoms with Crippen LogP contribution in [-0.4, -0.2) is 33.4 Å². The van der Waals surface area contributed by atoms with E-state index in [1.807, 2.05) is 0 Å². The fourth-order valence-electron chi connectivity index (χ4n) is 3.05. The lowest BCUT2D eigenvalue weighted by molar-refractivity contribution is 0.139. The molecule has 21 heavy (non-hydrogen) atoms. The second-order valence-corrected chi connectivity index (χ2v) is 6.28. The Kier molecular flexibility index (Phi) is 6.34. The highest BCUT2D eigenvalue weighted by Gasteiger charge is 2.21. The van der Waals surface area contributed by atoms with Gasteiger partial charge in [-0.2, -0.15) is 0 Å². The predicted molar refractivity (Wildman–Crippen MR) is 90.4 cm³/mol. The van der Waals surface area contributed by atoms with Crippen LogP contribution in [0, 0.1) is 5.92 Å². The lowest BCUT2D eigenvalue weighted by Crippen LogP contribution is -2.35. The van der Waals surface area contributed by atoms with E-state index in [0.29, 0.717) is 12.0 Å². The van der Waals surface area contributed by atoms with Gasteiger partial charge in [0.25, 0.3) is 0 Å². The summed E-state index contributed by atoms with van der Waals surface area (Å²) in [7, 11) is 1.79. The van der Waals surface area contributed by atoms with Crippen LogP contribution < -0.4 is 10.2 Å². The molecule has 0 bridgehead atoms. The third-order valence-electron chi connectivity index (χ3n) is 4.34. The SMILES string of the molecule is CCNC(C)c1ccc(N2CCC(COC)CC2)c(Cl)c1. The average Bonchev–Trinajstić information content (AvgIpc) is 2.49. The van der Waals surface area contributed by atoms with Gasteiger partial charge in [-0.15, -0.1) is 0 Å². The maximum absolute atomic E-state index is 6.51. The molecule has 1 aliphatic heterocycles. The zero-order valence-electron chi connectivity index (χ0n) is 13.4. The summed E-state index contributed by atoms with van der Waals surface area (Å²) in [4.78, 5) is 2.40. The summed E-state index contributed by atoms with van der Waals surface area (Å²) in [5.41, 5.74) is 2.42. The largest absolute Gasteiger partial charge is 0.384 e. The number of methoxy groups -OCH3 is 1. The van der Waals surface area contributed by atoms with E-state index in [0.717, 1.165) is 31.3 Å². The molecule has 0 saturated carbocycles. The molecule has 0 amide bonds. The third-order valence-corrected chi connectivity index (χ3v) is 4.64. The van der Waals surface area contributed by atoms with E-state index in [2.05, 4.69) is 42.3 Å². The first kappa shape index (κ1) is 16.6. The molecule has 0 aliphatic carbocycles. The van der Waals surface area contributed by atoms with Crippen LogP contribution in [0.3, 0.4) is 0 Å². The molecule has 118 valence electrons. The summed E-state index contributed by atoms with van der Waals surface area (Å²) in [5, 5.41) is 4.29. The second-order valence-electron chi connectivity index (χ2n) is 5.88. The van der Waals surface area contributed by atoms with Crippen LogP contribution in [0.4, 0.5) is 5.69 Å². The van der Waals surface area contributed by atoms with Crippen LogP contribution in [0.2, 0.25) is 5.02 Å². The first-order valence-electron chi connectivity index (χ1n) is 7.92. The van der Waals surface area contributed by atoms with Crippen LogP contribution in [-0.2, 0) is 4.74 Å². The number of halogens is 1. The molecule has 1 aliphatic rings. The molecule has 0 spiro atoms. The highest BCUT2D eigenvalue weighted by atomic mass is 35.5. The van der Waals surface area contributed by atoms with Crippen molar-refractivity contribution in [3.8, 4) is 0 Å². The van der Waals surface area contributed by atoms with E-state index in [4.69, 9.17) is 16.3 Å². The Morgan fingerprint density at radius 1 is 1.38 bits per heavy atom. The number of nitrogens with one attached hydrogen (secondary N) is 1. The summed E-state index contributed by atoms with van der Waals surface area (Å²) in [5.74, 6) is 0.693. The Bertz CT molecular complexity index is 444. The molecule has 1 unspecified atom stereocenters. The van der Waals surface area contributed by atoms with Crippen LogP contribution in [0.25, 0.3) is 0 Å². The number of piperidine rings is 1. The molecule has 1 fully saturated rings. The van der Waals surface area contributed by atoms with Gasteiger partial charge in [0.2, 0.25) is 0 Å². The molecule has 1 saturated heterocycles. The second kappa shape index (κ2) is 8.02. The smallest absolute Gasteiger partial charge is 0.0642 e. The Morgan fingerprint density at radius 2 is 2.10 bits per heavy atom. The molecule has 1 atom stereocenters. The van der Waals surface area contributed by atoms with Crippen molar-refractivity contribution in [2.24, 2.45) is 5.92 Å². The monoisotopic (exact) mass is 310 g/mol. The summed E-state index contributed by atoms with van der Waals surface area (Å²) in [6, 6.07) is 6.80. The minimum absolute atomic E-state index is 0.342. The number of benzene rings is 1. The number of ether oxygens (including phenoxy) is 1. The molecule has 1 heterocycles. The average molecular weight is 311 g/mol. The van der Waals surface area contributed by atoms with Crippen molar-refractivity contribution in [2.45, 2.75) is 32.7 Å². The van der Waals surface area contributed by atoms with Gasteiger partial charge < -0.3 is 15.0 Å². The number of nitrogens with zero attached hydrogens (tertiary/aromatic N) is 1. The topological polar surface area (TPSA) is 24.5 Å². The fourth-order valence-corrected chi connectivity index (χ4v) is 3.36. The van der Waals surface area contributed by atoms with Gasteiger partial charge in [-0.3, -0.25) is 0 Å². The molecule has 2 rings (SSSR count). The van der Waals surface area contributed by atoms with Crippen molar-refractivity contribution in [1.29, 1.82) is 0 Å². The van der Waals surface area contributed by atoms with Crippen molar-refractivity contribution in [1.82, 2.24) is 5.32 Å². The van der Waals surface area contributed by atoms with Gasteiger partial charge in [-0.25, -0.2) is 0 Å². The number of hydrogen-bond acceptors (Lipinski definition) is 3. The highest BCUT2D eigenvalue weighted by molar-refractivity contribution is 6.33. The predicted octanol–water partition coefficient (Wildman–Crippen LogP) is 3.87. The van der Waals surface area contributed by atoms with Crippen LogP contribution in [0.1, 0.15) is 38.3 Å². The Hall–Kier alpha value is -0.770. The van der Waals surface area contributed by atoms with E-state index >= 15 is 0 Å². The van der Waals surface area contributed by atoms with Crippen molar-refractivity contribution in [2.75, 3.05) is 38.3 Å². The normalized spacial score (nSPS) is 18.0. The van der Waals surface area contributed by atoms with Gasteiger partial charge in [0.05, 0.1) is 10.7 Å². The molecule has 1 N–H and O–H groups in total. The van der Waals surface area contributed by atoms with Gasteiger partial charge in [0.15, 0.2) is 0 Å². The Labute approximate surface area is 133 Å². The molecule has 3 nitrogen and oxygen atoms in total. The van der Waals surface area contributed by atoms with E-state index in [-0.39, 0.29) is 0 Å². The molecule has 0 radical (unpaired) electrons. The van der Waals surface area contributed by atoms with Crippen LogP contribution in [0.15, 0.2) is 18.2 Å². The summed E-state index contributed by atoms with van der Waals surface area (Å²) in [6.07, 6.45) is 2.36. The summed E-state index contributed by atoms with van der Waals surface area (Å²) in [6.45, 7) is 8.27. The number of hydrogen-bond donors (Lipinski definition) is 1. The maximum atomic E-state index is 6.51. The van der Waals surface area contributed by atoms with E-state index in [1.165, 1.54) is 24.1 Å². The molecule has 4 heteroatoms. The van der Waals surface area contributed by atoms with Gasteiger partial charge in [0.1, 0.15) is 0 Å². The maximum Gasteiger partial charge on any atom is 0.0642 e. The Morgan fingerprint density at radius 3 is 2.67 bits per heavy atom. The van der Waals surface area contributed by atoms with Crippen LogP contribution >= 0.6 is 11.6 Å². The molecular formula is C17H27ClN2O. The molecule has 1 aromatic carbocycles. The summed E-state index contributed by atoms with van der Waals surface area (Å²) < 4.78 is 5.26. The lowest BCUT2D eigenvalue weighted by atomic mass is 9.97. The van der Waals surface area contributed by atoms with Crippen molar-refractivity contribution < 1.29 is 4.74 Å². The van der Waals surface area contributed by atoms with Crippen LogP contribution in [0.5, 0.6) is 0 Å². The first-order chi connectivity index (χ1) is 10.2. The van der Waals surface area contributed by atoms with Gasteiger partial charge in [0, 0.05) is 32.8 Å².